The fraction of sp³-hybridized carbons (Fsp3) is 0.556. The predicted molar refractivity (Wildman–Crippen MR) is 90.2 cm³/mol. The van der Waals surface area contributed by atoms with Gasteiger partial charge in [-0.2, -0.15) is 0 Å². The number of fused-ring (bicyclic) bond motifs is 1. The first-order valence-electron chi connectivity index (χ1n) is 8.36. The maximum atomic E-state index is 13.4. The van der Waals surface area contributed by atoms with E-state index in [0.29, 0.717) is 18.5 Å². The number of carbonyl (C=O) groups is 2. The molecular weight excluding hydrogens is 311 g/mol. The molecule has 0 spiro atoms. The summed E-state index contributed by atoms with van der Waals surface area (Å²) in [6, 6.07) is 4.36. The minimum absolute atomic E-state index is 0.0226. The van der Waals surface area contributed by atoms with Crippen molar-refractivity contribution in [3.8, 4) is 0 Å². The molecule has 1 aliphatic rings. The second-order valence-corrected chi connectivity index (χ2v) is 6.56. The third-order valence-corrected chi connectivity index (χ3v) is 4.20. The number of rotatable bonds is 6. The molecule has 6 heteroatoms. The Labute approximate surface area is 142 Å². The van der Waals surface area contributed by atoms with E-state index in [-0.39, 0.29) is 43.2 Å². The van der Waals surface area contributed by atoms with E-state index in [1.165, 1.54) is 12.1 Å². The monoisotopic (exact) mass is 336 g/mol. The van der Waals surface area contributed by atoms with Crippen LogP contribution in [-0.4, -0.2) is 47.1 Å². The van der Waals surface area contributed by atoms with Gasteiger partial charge in [-0.15, -0.1) is 0 Å². The van der Waals surface area contributed by atoms with Gasteiger partial charge in [0, 0.05) is 37.7 Å². The summed E-state index contributed by atoms with van der Waals surface area (Å²) in [6.45, 7) is 5.96. The van der Waals surface area contributed by atoms with Crippen LogP contribution in [0.3, 0.4) is 0 Å². The maximum absolute atomic E-state index is 13.4. The Morgan fingerprint density at radius 1 is 1.33 bits per heavy atom. The molecule has 0 saturated heterocycles. The fourth-order valence-electron chi connectivity index (χ4n) is 3.01. The molecule has 5 nitrogen and oxygen atoms in total. The zero-order valence-electron chi connectivity index (χ0n) is 14.5. The minimum atomic E-state index is -0.600. The number of amides is 2. The van der Waals surface area contributed by atoms with Crippen LogP contribution in [0.25, 0.3) is 0 Å². The van der Waals surface area contributed by atoms with Gasteiger partial charge in [0.1, 0.15) is 5.82 Å². The number of hydrogen-bond donors (Lipinski definition) is 1. The van der Waals surface area contributed by atoms with Crippen LogP contribution in [-0.2, 0) is 16.0 Å². The van der Waals surface area contributed by atoms with Crippen molar-refractivity contribution in [2.24, 2.45) is 0 Å². The van der Waals surface area contributed by atoms with Crippen LogP contribution in [0.15, 0.2) is 18.2 Å². The van der Waals surface area contributed by atoms with Crippen LogP contribution >= 0.6 is 0 Å². The molecule has 1 aromatic carbocycles. The smallest absolute Gasteiger partial charge is 0.227 e. The molecular formula is C18H25FN2O3. The van der Waals surface area contributed by atoms with Crippen LogP contribution in [0, 0.1) is 5.82 Å². The van der Waals surface area contributed by atoms with Crippen LogP contribution in [0.4, 0.5) is 10.1 Å². The summed E-state index contributed by atoms with van der Waals surface area (Å²) in [5.41, 5.74) is 1.49. The van der Waals surface area contributed by atoms with Crippen LogP contribution in [0.5, 0.6) is 0 Å². The molecule has 1 aliphatic heterocycles. The molecule has 0 saturated carbocycles. The summed E-state index contributed by atoms with van der Waals surface area (Å²) >= 11 is 0. The molecule has 24 heavy (non-hydrogen) atoms. The van der Waals surface area contributed by atoms with Crippen molar-refractivity contribution in [3.63, 3.8) is 0 Å². The molecule has 132 valence electrons. The van der Waals surface area contributed by atoms with Gasteiger partial charge >= 0.3 is 0 Å². The van der Waals surface area contributed by atoms with Gasteiger partial charge in [-0.05, 0) is 51.0 Å². The lowest BCUT2D eigenvalue weighted by Gasteiger charge is -2.32. The van der Waals surface area contributed by atoms with Gasteiger partial charge < -0.3 is 14.9 Å². The highest BCUT2D eigenvalue weighted by atomic mass is 19.1. The molecule has 1 aromatic rings. The summed E-state index contributed by atoms with van der Waals surface area (Å²) in [5, 5.41) is 9.54. The number of aliphatic hydroxyl groups is 1. The Bertz CT molecular complexity index is 616. The molecule has 2 amide bonds. The Balaban J connectivity index is 2.08. The first kappa shape index (κ1) is 18.4. The zero-order chi connectivity index (χ0) is 17.9. The average molecular weight is 336 g/mol. The first-order valence-corrected chi connectivity index (χ1v) is 8.36. The van der Waals surface area contributed by atoms with Crippen molar-refractivity contribution < 1.29 is 19.1 Å². The van der Waals surface area contributed by atoms with E-state index in [2.05, 4.69) is 0 Å². The van der Waals surface area contributed by atoms with E-state index in [9.17, 15) is 19.1 Å². The topological polar surface area (TPSA) is 60.9 Å². The molecule has 1 N–H and O–H groups in total. The molecule has 0 fully saturated rings. The highest BCUT2D eigenvalue weighted by Crippen LogP contribution is 2.28. The van der Waals surface area contributed by atoms with E-state index in [0.717, 1.165) is 5.56 Å². The van der Waals surface area contributed by atoms with E-state index < -0.39 is 6.10 Å². The largest absolute Gasteiger partial charge is 0.392 e. The van der Waals surface area contributed by atoms with Gasteiger partial charge in [-0.25, -0.2) is 4.39 Å². The molecule has 1 unspecified atom stereocenters. The number of halogens is 1. The van der Waals surface area contributed by atoms with Crippen LogP contribution < -0.4 is 4.90 Å². The Morgan fingerprint density at radius 3 is 2.67 bits per heavy atom. The van der Waals surface area contributed by atoms with Crippen molar-refractivity contribution >= 4 is 17.5 Å². The number of aryl methyl sites for hydroxylation is 1. The Morgan fingerprint density at radius 2 is 2.04 bits per heavy atom. The Hall–Kier alpha value is -1.95. The molecule has 1 heterocycles. The third kappa shape index (κ3) is 4.32. The fourth-order valence-corrected chi connectivity index (χ4v) is 3.01. The predicted octanol–water partition coefficient (Wildman–Crippen LogP) is 2.11. The summed E-state index contributed by atoms with van der Waals surface area (Å²) in [4.78, 5) is 27.8. The first-order chi connectivity index (χ1) is 11.3. The number of carbonyl (C=O) groups excluding carboxylic acids is 2. The SMILES string of the molecule is CC(O)CN(C(=O)CCN1C(=O)CCc2cc(F)ccc21)C(C)C. The maximum Gasteiger partial charge on any atom is 0.227 e. The van der Waals surface area contributed by atoms with E-state index in [4.69, 9.17) is 0 Å². The lowest BCUT2D eigenvalue weighted by Crippen LogP contribution is -2.44. The summed E-state index contributed by atoms with van der Waals surface area (Å²) in [5.74, 6) is -0.469. The second-order valence-electron chi connectivity index (χ2n) is 6.56. The molecule has 0 radical (unpaired) electrons. The van der Waals surface area contributed by atoms with Crippen LogP contribution in [0.1, 0.15) is 39.2 Å². The van der Waals surface area contributed by atoms with Gasteiger partial charge in [0.05, 0.1) is 6.10 Å². The summed E-state index contributed by atoms with van der Waals surface area (Å²) in [6.07, 6.45) is 0.424. The quantitative estimate of drug-likeness (QED) is 0.865. The average Bonchev–Trinajstić information content (AvgIpc) is 2.51. The number of aliphatic hydroxyl groups excluding tert-OH is 1. The minimum Gasteiger partial charge on any atom is -0.392 e. The third-order valence-electron chi connectivity index (χ3n) is 4.20. The molecule has 2 rings (SSSR count). The molecule has 1 atom stereocenters. The van der Waals surface area contributed by atoms with Gasteiger partial charge in [0.15, 0.2) is 0 Å². The second kappa shape index (κ2) is 7.75. The standard InChI is InChI=1S/C18H25FN2O3/c1-12(2)21(11-13(3)22)18(24)8-9-20-16-6-5-15(19)10-14(16)4-7-17(20)23/h5-6,10,12-13,22H,4,7-9,11H2,1-3H3. The number of anilines is 1. The number of hydrogen-bond acceptors (Lipinski definition) is 3. The van der Waals surface area contributed by atoms with E-state index in [1.807, 2.05) is 13.8 Å². The number of benzene rings is 1. The number of nitrogens with zero attached hydrogens (tertiary/aromatic N) is 2. The summed E-state index contributed by atoms with van der Waals surface area (Å²) in [7, 11) is 0. The highest BCUT2D eigenvalue weighted by molar-refractivity contribution is 5.97. The summed E-state index contributed by atoms with van der Waals surface area (Å²) < 4.78 is 13.4. The van der Waals surface area contributed by atoms with Gasteiger partial charge in [-0.1, -0.05) is 0 Å². The van der Waals surface area contributed by atoms with Crippen molar-refractivity contribution in [2.75, 3.05) is 18.0 Å². The van der Waals surface area contributed by atoms with Gasteiger partial charge in [0.2, 0.25) is 11.8 Å². The van der Waals surface area contributed by atoms with Crippen molar-refractivity contribution in [2.45, 2.75) is 52.2 Å². The zero-order valence-corrected chi connectivity index (χ0v) is 14.5. The van der Waals surface area contributed by atoms with Crippen LogP contribution in [0.2, 0.25) is 0 Å². The lowest BCUT2D eigenvalue weighted by atomic mass is 10.0. The molecule has 0 bridgehead atoms. The van der Waals surface area contributed by atoms with Crippen molar-refractivity contribution in [3.05, 3.63) is 29.6 Å². The van der Waals surface area contributed by atoms with E-state index >= 15 is 0 Å². The van der Waals surface area contributed by atoms with Gasteiger partial charge in [-0.3, -0.25) is 9.59 Å². The normalized spacial score (nSPS) is 15.4. The van der Waals surface area contributed by atoms with Crippen molar-refractivity contribution in [1.29, 1.82) is 0 Å². The van der Waals surface area contributed by atoms with Crippen molar-refractivity contribution in [1.82, 2.24) is 4.90 Å². The lowest BCUT2D eigenvalue weighted by molar-refractivity contribution is -0.134. The molecule has 0 aromatic heterocycles. The molecule has 0 aliphatic carbocycles. The Kier molecular flexibility index (Phi) is 5.94. The van der Waals surface area contributed by atoms with E-state index in [1.54, 1.807) is 22.8 Å². The highest BCUT2D eigenvalue weighted by Gasteiger charge is 2.26. The van der Waals surface area contributed by atoms with Gasteiger partial charge in [0.25, 0.3) is 0 Å².